The summed E-state index contributed by atoms with van der Waals surface area (Å²) in [6.45, 7) is 1.44. The second-order valence-corrected chi connectivity index (χ2v) is 13.5. The summed E-state index contributed by atoms with van der Waals surface area (Å²) in [5, 5.41) is 2.69. The van der Waals surface area contributed by atoms with Gasteiger partial charge in [0, 0.05) is 44.4 Å². The fourth-order valence-electron chi connectivity index (χ4n) is 5.95. The number of piperazine rings is 1. The zero-order valence-corrected chi connectivity index (χ0v) is 26.6. The van der Waals surface area contributed by atoms with Crippen molar-refractivity contribution in [2.45, 2.75) is 36.5 Å². The number of nitrogens with one attached hydrogen (secondary N) is 1. The molecule has 6 rings (SSSR count). The summed E-state index contributed by atoms with van der Waals surface area (Å²) in [7, 11) is -4.41. The first-order valence-corrected chi connectivity index (χ1v) is 16.8. The van der Waals surface area contributed by atoms with Gasteiger partial charge in [0.05, 0.1) is 34.1 Å². The van der Waals surface area contributed by atoms with Crippen molar-refractivity contribution in [3.05, 3.63) is 102 Å². The smallest absolute Gasteiger partial charge is 0.366 e. The van der Waals surface area contributed by atoms with E-state index in [9.17, 15) is 39.6 Å². The van der Waals surface area contributed by atoms with Crippen LogP contribution in [0.1, 0.15) is 24.1 Å². The van der Waals surface area contributed by atoms with Crippen LogP contribution in [-0.2, 0) is 27.5 Å². The third-order valence-corrected chi connectivity index (χ3v) is 10.3. The molecule has 9 nitrogen and oxygen atoms in total. The van der Waals surface area contributed by atoms with Crippen molar-refractivity contribution in [3.63, 3.8) is 0 Å². The number of sulfonamides is 1. The first kappa shape index (κ1) is 34.2. The van der Waals surface area contributed by atoms with Crippen molar-refractivity contribution in [2.75, 3.05) is 42.5 Å². The molecule has 258 valence electrons. The maximum atomic E-state index is 14.4. The van der Waals surface area contributed by atoms with Gasteiger partial charge < -0.3 is 15.1 Å². The molecule has 3 aromatic carbocycles. The van der Waals surface area contributed by atoms with Crippen LogP contribution < -0.4 is 15.1 Å². The molecule has 1 atom stereocenters. The number of carbonyl (C=O) groups is 1. The Morgan fingerprint density at radius 1 is 0.837 bits per heavy atom. The van der Waals surface area contributed by atoms with Gasteiger partial charge in [-0.1, -0.05) is 24.3 Å². The van der Waals surface area contributed by atoms with Gasteiger partial charge in [-0.25, -0.2) is 31.6 Å². The average Bonchev–Trinajstić information content (AvgIpc) is 3.58. The standard InChI is InChI=1S/C33H30F6N6O3S/c34-23-16-24(35)18-26(17-23)49(47,48)45-11-3-6-30(45)31(46)40-20-25-19-28(21-7-9-22(10-8-21)33(37,38)39)42-32(41-25)44-14-12-43(13-15-44)29-5-2-1-4-27(29)36/h1-2,4-5,7-10,16-19,30H,3,6,11-15,20H2,(H,40,46)/t30-/m0/s1. The molecule has 1 N–H and O–H groups in total. The first-order valence-electron chi connectivity index (χ1n) is 15.4. The van der Waals surface area contributed by atoms with E-state index < -0.39 is 50.2 Å². The molecule has 1 aromatic heterocycles. The Morgan fingerprint density at radius 3 is 2.14 bits per heavy atom. The molecule has 16 heteroatoms. The molecule has 2 saturated heterocycles. The van der Waals surface area contributed by atoms with E-state index in [4.69, 9.17) is 0 Å². The summed E-state index contributed by atoms with van der Waals surface area (Å²) in [5.41, 5.74) is 0.571. The highest BCUT2D eigenvalue weighted by molar-refractivity contribution is 7.89. The van der Waals surface area contributed by atoms with Crippen LogP contribution in [0.25, 0.3) is 11.3 Å². The number of aromatic nitrogens is 2. The van der Waals surface area contributed by atoms with Gasteiger partial charge in [-0.3, -0.25) is 4.79 Å². The van der Waals surface area contributed by atoms with E-state index in [1.54, 1.807) is 18.2 Å². The number of hydrogen-bond acceptors (Lipinski definition) is 7. The quantitative estimate of drug-likeness (QED) is 0.246. The number of alkyl halides is 3. The van der Waals surface area contributed by atoms with Crippen LogP contribution in [0.4, 0.5) is 38.0 Å². The summed E-state index contributed by atoms with van der Waals surface area (Å²) in [5.74, 6) is -2.92. The van der Waals surface area contributed by atoms with Gasteiger partial charge in [0.15, 0.2) is 0 Å². The third-order valence-electron chi connectivity index (χ3n) is 8.42. The van der Waals surface area contributed by atoms with E-state index >= 15 is 0 Å². The summed E-state index contributed by atoms with van der Waals surface area (Å²) < 4.78 is 109. The Kier molecular flexibility index (Phi) is 9.53. The second kappa shape index (κ2) is 13.7. The van der Waals surface area contributed by atoms with Gasteiger partial charge in [-0.15, -0.1) is 0 Å². The molecule has 0 spiro atoms. The Balaban J connectivity index is 1.23. The largest absolute Gasteiger partial charge is 0.416 e. The van der Waals surface area contributed by atoms with Gasteiger partial charge in [-0.05, 0) is 55.3 Å². The second-order valence-electron chi connectivity index (χ2n) is 11.6. The summed E-state index contributed by atoms with van der Waals surface area (Å²) in [4.78, 5) is 25.7. The van der Waals surface area contributed by atoms with Crippen molar-refractivity contribution in [1.29, 1.82) is 0 Å². The Hall–Kier alpha value is -4.70. The molecule has 0 saturated carbocycles. The molecule has 0 aliphatic carbocycles. The minimum absolute atomic E-state index is 0.0346. The van der Waals surface area contributed by atoms with Crippen LogP contribution >= 0.6 is 0 Å². The highest BCUT2D eigenvalue weighted by atomic mass is 32.2. The van der Waals surface area contributed by atoms with E-state index in [2.05, 4.69) is 15.3 Å². The van der Waals surface area contributed by atoms with Crippen LogP contribution in [0, 0.1) is 17.5 Å². The van der Waals surface area contributed by atoms with Crippen molar-refractivity contribution < 1.29 is 39.6 Å². The van der Waals surface area contributed by atoms with E-state index in [-0.39, 0.29) is 37.0 Å². The third kappa shape index (κ3) is 7.49. The molecule has 0 unspecified atom stereocenters. The average molecular weight is 705 g/mol. The number of hydrogen-bond donors (Lipinski definition) is 1. The van der Waals surface area contributed by atoms with Crippen LogP contribution in [-0.4, -0.2) is 67.4 Å². The number of nitrogens with zero attached hydrogens (tertiary/aromatic N) is 5. The molecule has 0 bridgehead atoms. The van der Waals surface area contributed by atoms with Gasteiger partial charge in [0.2, 0.25) is 21.9 Å². The lowest BCUT2D eigenvalue weighted by Gasteiger charge is -2.36. The summed E-state index contributed by atoms with van der Waals surface area (Å²) in [6.07, 6.45) is -4.03. The normalized spacial score (nSPS) is 17.4. The monoisotopic (exact) mass is 704 g/mol. The number of benzene rings is 3. The lowest BCUT2D eigenvalue weighted by Crippen LogP contribution is -2.47. The molecule has 2 fully saturated rings. The first-order chi connectivity index (χ1) is 23.3. The van der Waals surface area contributed by atoms with Crippen molar-refractivity contribution >= 4 is 27.6 Å². The van der Waals surface area contributed by atoms with E-state index in [1.807, 2.05) is 9.80 Å². The molecule has 2 aliphatic rings. The minimum Gasteiger partial charge on any atom is -0.366 e. The molecule has 1 amide bonds. The number of carbonyl (C=O) groups excluding carboxylic acids is 1. The number of amides is 1. The predicted octanol–water partition coefficient (Wildman–Crippen LogP) is 5.38. The van der Waals surface area contributed by atoms with Crippen LogP contribution in [0.5, 0.6) is 0 Å². The number of para-hydroxylation sites is 1. The number of rotatable bonds is 8. The SMILES string of the molecule is O=C(NCc1cc(-c2ccc(C(F)(F)F)cc2)nc(N2CCN(c3ccccc3F)CC2)n1)[C@@H]1CCCN1S(=O)(=O)c1cc(F)cc(F)c1. The molecule has 2 aliphatic heterocycles. The lowest BCUT2D eigenvalue weighted by atomic mass is 10.1. The fourth-order valence-corrected chi connectivity index (χ4v) is 7.65. The van der Waals surface area contributed by atoms with E-state index in [0.717, 1.165) is 16.4 Å². The van der Waals surface area contributed by atoms with Gasteiger partial charge in [0.25, 0.3) is 0 Å². The zero-order chi connectivity index (χ0) is 34.9. The highest BCUT2D eigenvalue weighted by Crippen LogP contribution is 2.32. The fraction of sp³-hybridized carbons (Fsp3) is 0.303. The minimum atomic E-state index is -4.53. The predicted molar refractivity (Wildman–Crippen MR) is 168 cm³/mol. The van der Waals surface area contributed by atoms with E-state index in [1.165, 1.54) is 24.3 Å². The van der Waals surface area contributed by atoms with Gasteiger partial charge >= 0.3 is 6.18 Å². The van der Waals surface area contributed by atoms with Crippen molar-refractivity contribution in [2.24, 2.45) is 0 Å². The summed E-state index contributed by atoms with van der Waals surface area (Å²) >= 11 is 0. The highest BCUT2D eigenvalue weighted by Gasteiger charge is 2.40. The molecular weight excluding hydrogens is 674 g/mol. The van der Waals surface area contributed by atoms with Crippen LogP contribution in [0.3, 0.4) is 0 Å². The molecule has 3 heterocycles. The van der Waals surface area contributed by atoms with Gasteiger partial charge in [-0.2, -0.15) is 17.5 Å². The Labute approximate surface area is 278 Å². The maximum absolute atomic E-state index is 14.4. The molecule has 4 aromatic rings. The molecular formula is C33H30F6N6O3S. The Bertz CT molecular complexity index is 1930. The number of halogens is 6. The maximum Gasteiger partial charge on any atom is 0.416 e. The van der Waals surface area contributed by atoms with Crippen molar-refractivity contribution in [3.8, 4) is 11.3 Å². The van der Waals surface area contributed by atoms with Gasteiger partial charge in [0.1, 0.15) is 23.5 Å². The number of anilines is 2. The molecule has 49 heavy (non-hydrogen) atoms. The lowest BCUT2D eigenvalue weighted by molar-refractivity contribution is -0.137. The zero-order valence-electron chi connectivity index (χ0n) is 25.8. The van der Waals surface area contributed by atoms with E-state index in [0.29, 0.717) is 67.7 Å². The topological polar surface area (TPSA) is 98.7 Å². The van der Waals surface area contributed by atoms with Crippen LogP contribution in [0.15, 0.2) is 77.7 Å². The summed E-state index contributed by atoms with van der Waals surface area (Å²) in [6, 6.07) is 13.1. The Morgan fingerprint density at radius 2 is 1.49 bits per heavy atom. The van der Waals surface area contributed by atoms with Crippen molar-refractivity contribution in [1.82, 2.24) is 19.6 Å². The van der Waals surface area contributed by atoms with Crippen LogP contribution in [0.2, 0.25) is 0 Å². The molecule has 0 radical (unpaired) electrons.